The normalized spacial score (nSPS) is 11.1. The van der Waals surface area contributed by atoms with Gasteiger partial charge in [0, 0.05) is 20.1 Å². The summed E-state index contributed by atoms with van der Waals surface area (Å²) in [6.07, 6.45) is 0.449. The third-order valence-electron chi connectivity index (χ3n) is 2.46. The van der Waals surface area contributed by atoms with E-state index in [-0.39, 0.29) is 58.0 Å². The molecular formula is C12H16BF4KO3. The van der Waals surface area contributed by atoms with Crippen molar-refractivity contribution < 1.29 is 82.9 Å². The minimum Gasteiger partial charge on any atom is -0.491 e. The molecule has 0 fully saturated rings. The molecule has 9 heteroatoms. The Balaban J connectivity index is 0.00000400. The molecule has 0 saturated heterocycles. The monoisotopic (exact) mass is 334 g/mol. The van der Waals surface area contributed by atoms with Crippen molar-refractivity contribution in [3.05, 3.63) is 24.0 Å². The Morgan fingerprint density at radius 1 is 1.05 bits per heavy atom. The smallest absolute Gasteiger partial charge is 0.491 e. The summed E-state index contributed by atoms with van der Waals surface area (Å²) in [5.41, 5.74) is -0.877. The number of methoxy groups -OCH3 is 1. The van der Waals surface area contributed by atoms with E-state index in [4.69, 9.17) is 14.2 Å². The van der Waals surface area contributed by atoms with E-state index in [1.807, 2.05) is 0 Å². The average Bonchev–Trinajstić information content (AvgIpc) is 2.38. The zero-order valence-electron chi connectivity index (χ0n) is 12.1. The first-order valence-corrected chi connectivity index (χ1v) is 6.14. The average molecular weight is 334 g/mol. The van der Waals surface area contributed by atoms with Crippen LogP contribution in [0.3, 0.4) is 0 Å². The minimum absolute atomic E-state index is 0. The number of ether oxygens (including phenoxy) is 3. The van der Waals surface area contributed by atoms with E-state index in [0.717, 1.165) is 6.07 Å². The summed E-state index contributed by atoms with van der Waals surface area (Å²) in [6.45, 7) is -3.82. The van der Waals surface area contributed by atoms with Gasteiger partial charge in [0.1, 0.15) is 0 Å². The molecular weight excluding hydrogens is 318 g/mol. The van der Waals surface area contributed by atoms with Gasteiger partial charge in [0.2, 0.25) is 0 Å². The molecule has 0 unspecified atom stereocenters. The van der Waals surface area contributed by atoms with Crippen LogP contribution in [-0.4, -0.2) is 40.5 Å². The van der Waals surface area contributed by atoms with Gasteiger partial charge in [-0.25, -0.2) is 4.39 Å². The minimum atomic E-state index is -5.16. The zero-order chi connectivity index (χ0) is 15.0. The molecule has 0 bridgehead atoms. The van der Waals surface area contributed by atoms with Crippen LogP contribution in [0.25, 0.3) is 0 Å². The second kappa shape index (κ2) is 11.0. The van der Waals surface area contributed by atoms with E-state index in [1.54, 1.807) is 7.11 Å². The Bertz CT molecular complexity index is 418. The fraction of sp³-hybridized carbons (Fsp3) is 0.500. The summed E-state index contributed by atoms with van der Waals surface area (Å²) < 4.78 is 65.8. The van der Waals surface area contributed by atoms with Crippen molar-refractivity contribution in [2.75, 3.05) is 33.5 Å². The Hall–Kier alpha value is 0.361. The maximum Gasteiger partial charge on any atom is 1.00 e. The van der Waals surface area contributed by atoms with Crippen molar-refractivity contribution in [2.24, 2.45) is 0 Å². The van der Waals surface area contributed by atoms with Crippen LogP contribution in [0.2, 0.25) is 0 Å². The molecule has 0 saturated carbocycles. The standard InChI is InChI=1S/C12H16BF4O3.K/c1-18-7-8-19-5-2-6-20-12-9-10(13(15,16)17)3-4-11(12)14;/h3-4,9H,2,5-8H2,1H3;/q-1;+1. The molecule has 0 aliphatic carbocycles. The summed E-state index contributed by atoms with van der Waals surface area (Å²) in [5.74, 6) is -1.20. The van der Waals surface area contributed by atoms with Gasteiger partial charge >= 0.3 is 58.4 Å². The SMILES string of the molecule is COCCOCCCOc1cc([B-](F)(F)F)ccc1F.[K+]. The molecule has 21 heavy (non-hydrogen) atoms. The van der Waals surface area contributed by atoms with Gasteiger partial charge in [-0.3, -0.25) is 0 Å². The van der Waals surface area contributed by atoms with Gasteiger partial charge in [0.15, 0.2) is 11.6 Å². The van der Waals surface area contributed by atoms with Crippen molar-refractivity contribution in [1.82, 2.24) is 0 Å². The van der Waals surface area contributed by atoms with E-state index in [1.165, 1.54) is 0 Å². The second-order valence-electron chi connectivity index (χ2n) is 4.07. The molecule has 114 valence electrons. The Kier molecular flexibility index (Phi) is 11.2. The molecule has 0 amide bonds. The largest absolute Gasteiger partial charge is 1.00 e. The molecule has 0 N–H and O–H groups in total. The Morgan fingerprint density at radius 3 is 2.38 bits per heavy atom. The van der Waals surface area contributed by atoms with E-state index in [0.29, 0.717) is 38.4 Å². The third kappa shape index (κ3) is 8.53. The second-order valence-corrected chi connectivity index (χ2v) is 4.07. The molecule has 1 aromatic carbocycles. The maximum absolute atomic E-state index is 13.3. The summed E-state index contributed by atoms with van der Waals surface area (Å²) in [7, 11) is 1.55. The fourth-order valence-electron chi connectivity index (χ4n) is 1.42. The first kappa shape index (κ1) is 21.4. The number of hydrogen-bond acceptors (Lipinski definition) is 3. The molecule has 0 atom stereocenters. The molecule has 1 rings (SSSR count). The summed E-state index contributed by atoms with van der Waals surface area (Å²) in [5, 5.41) is 0. The fourth-order valence-corrected chi connectivity index (χ4v) is 1.42. The Morgan fingerprint density at radius 2 is 1.76 bits per heavy atom. The third-order valence-corrected chi connectivity index (χ3v) is 2.46. The van der Waals surface area contributed by atoms with Crippen LogP contribution >= 0.6 is 0 Å². The van der Waals surface area contributed by atoms with Gasteiger partial charge in [0.05, 0.1) is 19.8 Å². The van der Waals surface area contributed by atoms with Crippen LogP contribution in [0.1, 0.15) is 6.42 Å². The van der Waals surface area contributed by atoms with Crippen LogP contribution in [0, 0.1) is 5.82 Å². The number of halogens is 4. The van der Waals surface area contributed by atoms with Gasteiger partial charge in [-0.05, 0) is 12.1 Å². The topological polar surface area (TPSA) is 27.7 Å². The number of hydrogen-bond donors (Lipinski definition) is 0. The van der Waals surface area contributed by atoms with Crippen LogP contribution < -0.4 is 61.6 Å². The van der Waals surface area contributed by atoms with Gasteiger partial charge in [-0.15, -0.1) is 5.46 Å². The van der Waals surface area contributed by atoms with Gasteiger partial charge in [-0.2, -0.15) is 0 Å². The van der Waals surface area contributed by atoms with Crippen molar-refractivity contribution in [3.63, 3.8) is 0 Å². The maximum atomic E-state index is 13.3. The quantitative estimate of drug-likeness (QED) is 0.340. The van der Waals surface area contributed by atoms with Crippen LogP contribution in [-0.2, 0) is 9.47 Å². The summed E-state index contributed by atoms with van der Waals surface area (Å²) in [4.78, 5) is 0. The first-order chi connectivity index (χ1) is 9.45. The van der Waals surface area contributed by atoms with E-state index in [9.17, 15) is 17.3 Å². The van der Waals surface area contributed by atoms with Crippen LogP contribution in [0.4, 0.5) is 17.3 Å². The molecule has 0 radical (unpaired) electrons. The number of rotatable bonds is 9. The molecule has 0 spiro atoms. The van der Waals surface area contributed by atoms with Crippen molar-refractivity contribution in [2.45, 2.75) is 6.42 Å². The zero-order valence-corrected chi connectivity index (χ0v) is 15.2. The van der Waals surface area contributed by atoms with Crippen molar-refractivity contribution in [1.29, 1.82) is 0 Å². The number of benzene rings is 1. The summed E-state index contributed by atoms with van der Waals surface area (Å²) in [6, 6.07) is 2.14. The molecule has 1 aromatic rings. The predicted octanol–water partition coefficient (Wildman–Crippen LogP) is -0.684. The Labute approximate surface area is 163 Å². The van der Waals surface area contributed by atoms with E-state index < -0.39 is 24.0 Å². The molecule has 0 aliphatic rings. The van der Waals surface area contributed by atoms with Crippen LogP contribution in [0.5, 0.6) is 5.75 Å². The van der Waals surface area contributed by atoms with Crippen LogP contribution in [0.15, 0.2) is 18.2 Å². The van der Waals surface area contributed by atoms with E-state index in [2.05, 4.69) is 0 Å². The van der Waals surface area contributed by atoms with Gasteiger partial charge in [0.25, 0.3) is 0 Å². The molecule has 0 aromatic heterocycles. The molecule has 0 heterocycles. The van der Waals surface area contributed by atoms with Gasteiger partial charge < -0.3 is 27.2 Å². The molecule has 0 aliphatic heterocycles. The first-order valence-electron chi connectivity index (χ1n) is 6.14. The predicted molar refractivity (Wildman–Crippen MR) is 67.9 cm³/mol. The van der Waals surface area contributed by atoms with Crippen molar-refractivity contribution >= 4 is 12.4 Å². The summed E-state index contributed by atoms with van der Waals surface area (Å²) >= 11 is 0. The van der Waals surface area contributed by atoms with Gasteiger partial charge in [-0.1, -0.05) is 6.07 Å². The van der Waals surface area contributed by atoms with E-state index >= 15 is 0 Å². The molecule has 3 nitrogen and oxygen atoms in total. The van der Waals surface area contributed by atoms with Crippen molar-refractivity contribution in [3.8, 4) is 5.75 Å².